The third-order valence-corrected chi connectivity index (χ3v) is 2.82. The summed E-state index contributed by atoms with van der Waals surface area (Å²) in [5.74, 6) is 0.827. The molecule has 1 heterocycles. The van der Waals surface area contributed by atoms with E-state index in [1.807, 2.05) is 0 Å². The SMILES string of the molecule is ClCCCCN1CCCCCC1. The highest BCUT2D eigenvalue weighted by atomic mass is 35.5. The first-order valence-electron chi connectivity index (χ1n) is 5.22. The number of likely N-dealkylation sites (tertiary alicyclic amines) is 1. The Morgan fingerprint density at radius 1 is 0.917 bits per heavy atom. The summed E-state index contributed by atoms with van der Waals surface area (Å²) < 4.78 is 0. The minimum absolute atomic E-state index is 0.827. The van der Waals surface area contributed by atoms with Crippen LogP contribution in [0.25, 0.3) is 0 Å². The highest BCUT2D eigenvalue weighted by molar-refractivity contribution is 6.17. The van der Waals surface area contributed by atoms with E-state index < -0.39 is 0 Å². The van der Waals surface area contributed by atoms with Gasteiger partial charge in [-0.1, -0.05) is 12.8 Å². The first-order valence-corrected chi connectivity index (χ1v) is 5.75. The topological polar surface area (TPSA) is 3.24 Å². The van der Waals surface area contributed by atoms with Gasteiger partial charge >= 0.3 is 0 Å². The fourth-order valence-corrected chi connectivity index (χ4v) is 1.98. The van der Waals surface area contributed by atoms with Crippen molar-refractivity contribution in [2.45, 2.75) is 38.5 Å². The maximum Gasteiger partial charge on any atom is 0.0223 e. The molecule has 1 nitrogen and oxygen atoms in total. The third-order valence-electron chi connectivity index (χ3n) is 2.56. The molecule has 0 bridgehead atoms. The Morgan fingerprint density at radius 3 is 2.17 bits per heavy atom. The van der Waals surface area contributed by atoms with Crippen molar-refractivity contribution in [2.75, 3.05) is 25.5 Å². The van der Waals surface area contributed by atoms with Gasteiger partial charge in [0.25, 0.3) is 0 Å². The van der Waals surface area contributed by atoms with Crippen molar-refractivity contribution in [3.05, 3.63) is 0 Å². The predicted molar refractivity (Wildman–Crippen MR) is 54.9 cm³/mol. The average Bonchev–Trinajstić information content (AvgIpc) is 2.33. The molecule has 2 heteroatoms. The van der Waals surface area contributed by atoms with Crippen LogP contribution in [-0.4, -0.2) is 30.4 Å². The molecule has 0 unspecified atom stereocenters. The van der Waals surface area contributed by atoms with E-state index in [0.29, 0.717) is 0 Å². The van der Waals surface area contributed by atoms with Crippen molar-refractivity contribution < 1.29 is 0 Å². The summed E-state index contributed by atoms with van der Waals surface area (Å²) in [6.45, 7) is 3.91. The van der Waals surface area contributed by atoms with E-state index in [1.54, 1.807) is 0 Å². The van der Waals surface area contributed by atoms with Crippen molar-refractivity contribution >= 4 is 11.6 Å². The summed E-state index contributed by atoms with van der Waals surface area (Å²) in [7, 11) is 0. The van der Waals surface area contributed by atoms with E-state index in [1.165, 1.54) is 58.2 Å². The molecule has 0 N–H and O–H groups in total. The lowest BCUT2D eigenvalue weighted by atomic mass is 10.2. The van der Waals surface area contributed by atoms with Gasteiger partial charge in [-0.3, -0.25) is 0 Å². The number of rotatable bonds is 4. The molecule has 0 amide bonds. The zero-order valence-corrected chi connectivity index (χ0v) is 8.65. The molecule has 72 valence electrons. The van der Waals surface area contributed by atoms with Gasteiger partial charge in [0.05, 0.1) is 0 Å². The van der Waals surface area contributed by atoms with E-state index >= 15 is 0 Å². The lowest BCUT2D eigenvalue weighted by molar-refractivity contribution is 0.281. The summed E-state index contributed by atoms with van der Waals surface area (Å²) in [5, 5.41) is 0. The van der Waals surface area contributed by atoms with Crippen molar-refractivity contribution in [3.8, 4) is 0 Å². The molecule has 12 heavy (non-hydrogen) atoms. The van der Waals surface area contributed by atoms with Crippen LogP contribution in [0.5, 0.6) is 0 Å². The molecule has 1 aliphatic heterocycles. The van der Waals surface area contributed by atoms with E-state index in [0.717, 1.165) is 5.88 Å². The van der Waals surface area contributed by atoms with Gasteiger partial charge in [-0.15, -0.1) is 11.6 Å². The second-order valence-electron chi connectivity index (χ2n) is 3.65. The van der Waals surface area contributed by atoms with Gasteiger partial charge in [0.1, 0.15) is 0 Å². The van der Waals surface area contributed by atoms with E-state index in [4.69, 9.17) is 11.6 Å². The van der Waals surface area contributed by atoms with Gasteiger partial charge in [-0.05, 0) is 45.3 Å². The summed E-state index contributed by atoms with van der Waals surface area (Å²) >= 11 is 5.63. The molecule has 0 aromatic rings. The van der Waals surface area contributed by atoms with Crippen LogP contribution in [0.2, 0.25) is 0 Å². The Bertz CT molecular complexity index is 98.0. The number of nitrogens with zero attached hydrogens (tertiary/aromatic N) is 1. The second-order valence-corrected chi connectivity index (χ2v) is 4.03. The standard InChI is InChI=1S/C10H20ClN/c11-7-3-6-10-12-8-4-1-2-5-9-12/h1-10H2. The van der Waals surface area contributed by atoms with Gasteiger partial charge in [0.2, 0.25) is 0 Å². The first kappa shape index (κ1) is 10.3. The van der Waals surface area contributed by atoms with Crippen LogP contribution < -0.4 is 0 Å². The lowest BCUT2D eigenvalue weighted by Gasteiger charge is -2.18. The molecule has 1 aliphatic rings. The highest BCUT2D eigenvalue weighted by Crippen LogP contribution is 2.10. The first-order chi connectivity index (χ1) is 5.93. The predicted octanol–water partition coefficient (Wildman–Crippen LogP) is 2.88. The summed E-state index contributed by atoms with van der Waals surface area (Å²) in [5.41, 5.74) is 0. The normalized spacial score (nSPS) is 20.8. The van der Waals surface area contributed by atoms with E-state index in [2.05, 4.69) is 4.90 Å². The molecular formula is C10H20ClN. The fraction of sp³-hybridized carbons (Fsp3) is 1.00. The molecule has 0 aliphatic carbocycles. The van der Waals surface area contributed by atoms with E-state index in [9.17, 15) is 0 Å². The minimum atomic E-state index is 0.827. The van der Waals surface area contributed by atoms with Crippen molar-refractivity contribution in [1.82, 2.24) is 4.90 Å². The summed E-state index contributed by atoms with van der Waals surface area (Å²) in [4.78, 5) is 2.60. The number of hydrogen-bond donors (Lipinski definition) is 0. The third kappa shape index (κ3) is 4.32. The Morgan fingerprint density at radius 2 is 1.58 bits per heavy atom. The maximum absolute atomic E-state index is 5.63. The number of halogens is 1. The molecule has 1 fully saturated rings. The monoisotopic (exact) mass is 189 g/mol. The van der Waals surface area contributed by atoms with Crippen LogP contribution in [0.1, 0.15) is 38.5 Å². The van der Waals surface area contributed by atoms with Crippen LogP contribution in [-0.2, 0) is 0 Å². The van der Waals surface area contributed by atoms with Crippen LogP contribution in [0.15, 0.2) is 0 Å². The Balaban J connectivity index is 2.04. The van der Waals surface area contributed by atoms with Gasteiger partial charge in [0.15, 0.2) is 0 Å². The number of alkyl halides is 1. The summed E-state index contributed by atoms with van der Waals surface area (Å²) in [6.07, 6.45) is 8.14. The molecule has 0 saturated carbocycles. The minimum Gasteiger partial charge on any atom is -0.303 e. The van der Waals surface area contributed by atoms with Gasteiger partial charge in [-0.25, -0.2) is 0 Å². The zero-order chi connectivity index (χ0) is 8.65. The largest absolute Gasteiger partial charge is 0.303 e. The molecule has 0 spiro atoms. The summed E-state index contributed by atoms with van der Waals surface area (Å²) in [6, 6.07) is 0. The van der Waals surface area contributed by atoms with Crippen molar-refractivity contribution in [2.24, 2.45) is 0 Å². The molecule has 0 aromatic carbocycles. The molecule has 1 saturated heterocycles. The molecule has 0 atom stereocenters. The van der Waals surface area contributed by atoms with Crippen LogP contribution in [0.3, 0.4) is 0 Å². The van der Waals surface area contributed by atoms with Crippen LogP contribution in [0, 0.1) is 0 Å². The van der Waals surface area contributed by atoms with Crippen molar-refractivity contribution in [3.63, 3.8) is 0 Å². The number of unbranched alkanes of at least 4 members (excludes halogenated alkanes) is 1. The molecule has 0 radical (unpaired) electrons. The van der Waals surface area contributed by atoms with Crippen LogP contribution >= 0.6 is 11.6 Å². The highest BCUT2D eigenvalue weighted by Gasteiger charge is 2.07. The second kappa shape index (κ2) is 6.73. The molecule has 1 rings (SSSR count). The van der Waals surface area contributed by atoms with Gasteiger partial charge < -0.3 is 4.90 Å². The van der Waals surface area contributed by atoms with Crippen LogP contribution in [0.4, 0.5) is 0 Å². The lowest BCUT2D eigenvalue weighted by Crippen LogP contribution is -2.25. The van der Waals surface area contributed by atoms with E-state index in [-0.39, 0.29) is 0 Å². The quantitative estimate of drug-likeness (QED) is 0.486. The smallest absolute Gasteiger partial charge is 0.0223 e. The Labute approximate surface area is 81.1 Å². The maximum atomic E-state index is 5.63. The fourth-order valence-electron chi connectivity index (χ4n) is 1.79. The van der Waals surface area contributed by atoms with Gasteiger partial charge in [-0.2, -0.15) is 0 Å². The Hall–Kier alpha value is 0.250. The molecule has 0 aromatic heterocycles. The van der Waals surface area contributed by atoms with Gasteiger partial charge in [0, 0.05) is 5.88 Å². The Kier molecular flexibility index (Phi) is 5.80. The zero-order valence-electron chi connectivity index (χ0n) is 7.90. The molecular weight excluding hydrogens is 170 g/mol. The number of hydrogen-bond acceptors (Lipinski definition) is 1. The van der Waals surface area contributed by atoms with Crippen molar-refractivity contribution in [1.29, 1.82) is 0 Å². The average molecular weight is 190 g/mol.